The monoisotopic (exact) mass is 499 g/mol. The van der Waals surface area contributed by atoms with Crippen molar-refractivity contribution < 1.29 is 9.47 Å². The van der Waals surface area contributed by atoms with Gasteiger partial charge in [-0.15, -0.1) is 0 Å². The number of hydrogen-bond donors (Lipinski definition) is 0. The van der Waals surface area contributed by atoms with Gasteiger partial charge in [-0.1, -0.05) is 36.1 Å². The van der Waals surface area contributed by atoms with Gasteiger partial charge in [0.05, 0.1) is 30.8 Å². The fraction of sp³-hybridized carbons (Fsp3) is 0.0938. The maximum Gasteiger partial charge on any atom is 0.266 e. The molecule has 0 atom stereocenters. The molecule has 5 aromatic rings. The molecule has 5 rings (SSSR count). The molecule has 6 nitrogen and oxygen atoms in total. The number of aromatic nitrogens is 3. The van der Waals surface area contributed by atoms with Crippen LogP contribution in [-0.2, 0) is 0 Å². The molecule has 38 heavy (non-hydrogen) atoms. The molecule has 0 saturated carbocycles. The maximum absolute atomic E-state index is 13.7. The Hall–Kier alpha value is -5.15. The molecule has 6 heteroatoms. The highest BCUT2D eigenvalue weighted by molar-refractivity contribution is 5.80. The Morgan fingerprint density at radius 1 is 0.842 bits per heavy atom. The van der Waals surface area contributed by atoms with Crippen LogP contribution in [0.25, 0.3) is 28.7 Å². The molecule has 2 heterocycles. The van der Waals surface area contributed by atoms with Crippen LogP contribution in [0.4, 0.5) is 0 Å². The van der Waals surface area contributed by atoms with Crippen LogP contribution in [0.3, 0.4) is 0 Å². The summed E-state index contributed by atoms with van der Waals surface area (Å²) in [5.74, 6) is 8.09. The Morgan fingerprint density at radius 2 is 1.66 bits per heavy atom. The zero-order valence-electron chi connectivity index (χ0n) is 21.3. The van der Waals surface area contributed by atoms with Gasteiger partial charge >= 0.3 is 0 Å². The van der Waals surface area contributed by atoms with E-state index < -0.39 is 0 Å². The van der Waals surface area contributed by atoms with Crippen molar-refractivity contribution >= 4 is 23.1 Å². The highest BCUT2D eigenvalue weighted by atomic mass is 16.5. The molecule has 186 valence electrons. The molecule has 0 spiro atoms. The standard InChI is InChI=1S/C32H25N3O3/c1-22-19-23(10-11-25-7-6-18-33-21-25)12-15-28(22)35-31(34-27-9-5-4-8-26(27)32(35)36)17-14-24-13-16-29(37-2)30(20-24)38-3/h4-9,12-21H,1-3H3. The van der Waals surface area contributed by atoms with Crippen LogP contribution in [0.15, 0.2) is 90.0 Å². The van der Waals surface area contributed by atoms with Gasteiger partial charge < -0.3 is 9.47 Å². The van der Waals surface area contributed by atoms with Gasteiger partial charge in [-0.2, -0.15) is 0 Å². The summed E-state index contributed by atoms with van der Waals surface area (Å²) in [6, 6.07) is 22.6. The number of rotatable bonds is 5. The topological polar surface area (TPSA) is 66.2 Å². The number of pyridine rings is 1. The summed E-state index contributed by atoms with van der Waals surface area (Å²) in [7, 11) is 3.20. The van der Waals surface area contributed by atoms with Crippen LogP contribution in [0, 0.1) is 18.8 Å². The van der Waals surface area contributed by atoms with E-state index in [1.807, 2.05) is 85.8 Å². The first-order valence-corrected chi connectivity index (χ1v) is 12.0. The largest absolute Gasteiger partial charge is 0.493 e. The second-order valence-electron chi connectivity index (χ2n) is 8.57. The summed E-state index contributed by atoms with van der Waals surface area (Å²) in [5, 5.41) is 0.551. The molecule has 0 amide bonds. The summed E-state index contributed by atoms with van der Waals surface area (Å²) >= 11 is 0. The fourth-order valence-corrected chi connectivity index (χ4v) is 4.19. The second kappa shape index (κ2) is 10.9. The van der Waals surface area contributed by atoms with Gasteiger partial charge in [-0.05, 0) is 78.7 Å². The number of fused-ring (bicyclic) bond motifs is 1. The lowest BCUT2D eigenvalue weighted by atomic mass is 10.1. The third kappa shape index (κ3) is 5.04. The zero-order valence-corrected chi connectivity index (χ0v) is 21.3. The number of aryl methyl sites for hydroxylation is 1. The highest BCUT2D eigenvalue weighted by Gasteiger charge is 2.13. The molecular weight excluding hydrogens is 474 g/mol. The predicted molar refractivity (Wildman–Crippen MR) is 151 cm³/mol. The molecule has 0 saturated heterocycles. The number of hydrogen-bond acceptors (Lipinski definition) is 5. The minimum atomic E-state index is -0.139. The smallest absolute Gasteiger partial charge is 0.266 e. The fourth-order valence-electron chi connectivity index (χ4n) is 4.19. The first-order valence-electron chi connectivity index (χ1n) is 12.0. The van der Waals surface area contributed by atoms with E-state index in [9.17, 15) is 4.79 Å². The minimum Gasteiger partial charge on any atom is -0.493 e. The summed E-state index contributed by atoms with van der Waals surface area (Å²) in [5.41, 5.74) is 4.72. The number of methoxy groups -OCH3 is 2. The zero-order chi connectivity index (χ0) is 26.5. The molecule has 0 N–H and O–H groups in total. The average molecular weight is 500 g/mol. The second-order valence-corrected chi connectivity index (χ2v) is 8.57. The van der Waals surface area contributed by atoms with Gasteiger partial charge in [-0.25, -0.2) is 4.98 Å². The van der Waals surface area contributed by atoms with Gasteiger partial charge in [-0.3, -0.25) is 14.3 Å². The Morgan fingerprint density at radius 3 is 2.42 bits per heavy atom. The van der Waals surface area contributed by atoms with Crippen molar-refractivity contribution in [2.24, 2.45) is 0 Å². The van der Waals surface area contributed by atoms with E-state index in [0.29, 0.717) is 28.2 Å². The average Bonchev–Trinajstić information content (AvgIpc) is 2.96. The normalized spacial score (nSPS) is 10.8. The SMILES string of the molecule is COc1ccc(C=Cc2nc3ccccc3c(=O)n2-c2ccc(C#Cc3cccnc3)cc2C)cc1OC. The molecule has 2 aromatic heterocycles. The van der Waals surface area contributed by atoms with Gasteiger partial charge in [0.25, 0.3) is 5.56 Å². The minimum absolute atomic E-state index is 0.139. The van der Waals surface area contributed by atoms with Gasteiger partial charge in [0.2, 0.25) is 0 Å². The van der Waals surface area contributed by atoms with E-state index in [1.54, 1.807) is 37.2 Å². The summed E-state index contributed by atoms with van der Waals surface area (Å²) < 4.78 is 12.4. The van der Waals surface area contributed by atoms with Crippen LogP contribution < -0.4 is 15.0 Å². The van der Waals surface area contributed by atoms with E-state index in [0.717, 1.165) is 27.9 Å². The quantitative estimate of drug-likeness (QED) is 0.291. The van der Waals surface area contributed by atoms with Gasteiger partial charge in [0.15, 0.2) is 11.5 Å². The molecule has 0 unspecified atom stereocenters. The van der Waals surface area contributed by atoms with Crippen LogP contribution in [0.1, 0.15) is 28.1 Å². The summed E-state index contributed by atoms with van der Waals surface area (Å²) in [6.45, 7) is 1.97. The Kier molecular flexibility index (Phi) is 7.01. The molecule has 0 bridgehead atoms. The molecule has 0 aliphatic rings. The van der Waals surface area contributed by atoms with Crippen molar-refractivity contribution in [3.63, 3.8) is 0 Å². The first kappa shape index (κ1) is 24.5. The maximum atomic E-state index is 13.7. The third-order valence-electron chi connectivity index (χ3n) is 6.08. The summed E-state index contributed by atoms with van der Waals surface area (Å²) in [4.78, 5) is 22.6. The van der Waals surface area contributed by atoms with Crippen LogP contribution in [0.2, 0.25) is 0 Å². The lowest BCUT2D eigenvalue weighted by Crippen LogP contribution is -2.23. The predicted octanol–water partition coefficient (Wildman–Crippen LogP) is 5.68. The molecule has 0 fully saturated rings. The lowest BCUT2D eigenvalue weighted by Gasteiger charge is -2.14. The Bertz CT molecular complexity index is 1780. The number of ether oxygens (including phenoxy) is 2. The Labute approximate surface area is 220 Å². The van der Waals surface area contributed by atoms with E-state index >= 15 is 0 Å². The molecular formula is C32H25N3O3. The number of nitrogens with zero attached hydrogens (tertiary/aromatic N) is 3. The van der Waals surface area contributed by atoms with Crippen LogP contribution in [-0.4, -0.2) is 28.8 Å². The first-order chi connectivity index (χ1) is 18.6. The molecule has 0 aliphatic heterocycles. The van der Waals surface area contributed by atoms with Crippen LogP contribution in [0.5, 0.6) is 11.5 Å². The van der Waals surface area contributed by atoms with Crippen molar-refractivity contribution in [2.45, 2.75) is 6.92 Å². The van der Waals surface area contributed by atoms with Crippen molar-refractivity contribution in [3.8, 4) is 29.0 Å². The summed E-state index contributed by atoms with van der Waals surface area (Å²) in [6.07, 6.45) is 7.19. The lowest BCUT2D eigenvalue weighted by molar-refractivity contribution is 0.355. The number of para-hydroxylation sites is 1. The van der Waals surface area contributed by atoms with Gasteiger partial charge in [0.1, 0.15) is 5.82 Å². The van der Waals surface area contributed by atoms with E-state index in [1.165, 1.54) is 0 Å². The van der Waals surface area contributed by atoms with Crippen molar-refractivity contribution in [1.29, 1.82) is 0 Å². The van der Waals surface area contributed by atoms with Crippen LogP contribution >= 0.6 is 0 Å². The molecule has 0 radical (unpaired) electrons. The third-order valence-corrected chi connectivity index (χ3v) is 6.08. The number of benzene rings is 3. The van der Waals surface area contributed by atoms with E-state index in [-0.39, 0.29) is 5.56 Å². The Balaban J connectivity index is 1.60. The molecule has 3 aromatic carbocycles. The van der Waals surface area contributed by atoms with Crippen molar-refractivity contribution in [2.75, 3.05) is 14.2 Å². The van der Waals surface area contributed by atoms with E-state index in [4.69, 9.17) is 14.5 Å². The van der Waals surface area contributed by atoms with E-state index in [2.05, 4.69) is 16.8 Å². The molecule has 0 aliphatic carbocycles. The van der Waals surface area contributed by atoms with Crippen molar-refractivity contribution in [3.05, 3.63) is 124 Å². The van der Waals surface area contributed by atoms with Crippen molar-refractivity contribution in [1.82, 2.24) is 14.5 Å². The van der Waals surface area contributed by atoms with Gasteiger partial charge in [0, 0.05) is 23.5 Å². The highest BCUT2D eigenvalue weighted by Crippen LogP contribution is 2.28.